The van der Waals surface area contributed by atoms with Crippen LogP contribution in [-0.2, 0) is 14.8 Å². The molecule has 6 heteroatoms. The number of benzene rings is 1. The van der Waals surface area contributed by atoms with Crippen LogP contribution in [0.4, 0.5) is 5.69 Å². The summed E-state index contributed by atoms with van der Waals surface area (Å²) >= 11 is 0. The van der Waals surface area contributed by atoms with Crippen LogP contribution < -0.4 is 4.31 Å². The van der Waals surface area contributed by atoms with E-state index in [-0.39, 0.29) is 5.69 Å². The molecule has 17 heavy (non-hydrogen) atoms. The quantitative estimate of drug-likeness (QED) is 0.745. The van der Waals surface area contributed by atoms with Crippen LogP contribution >= 0.6 is 0 Å². The number of carbonyl (C=O) groups is 1. The largest absolute Gasteiger partial charge is 0.272 e. The number of carbonyl (C=O) groups excluding carboxylic acids is 1. The number of amides is 1. The second-order valence-corrected chi connectivity index (χ2v) is 6.58. The zero-order chi connectivity index (χ0) is 12.8. The molecule has 1 aromatic carbocycles. The number of hydrogen-bond donors (Lipinski definition) is 0. The van der Waals surface area contributed by atoms with Crippen LogP contribution in [-0.4, -0.2) is 19.1 Å². The van der Waals surface area contributed by atoms with Gasteiger partial charge >= 0.3 is 0 Å². The first-order valence-corrected chi connectivity index (χ1v) is 6.36. The van der Waals surface area contributed by atoms with Gasteiger partial charge in [0.05, 0.1) is 17.3 Å². The molecular formula is C11H10N2O3S. The summed E-state index contributed by atoms with van der Waals surface area (Å²) in [6, 6.07) is 7.86. The Hall–Kier alpha value is -1.87. The van der Waals surface area contributed by atoms with Crippen LogP contribution in [0.2, 0.25) is 0 Å². The van der Waals surface area contributed by atoms with E-state index in [1.807, 2.05) is 6.07 Å². The molecule has 0 saturated carbocycles. The molecule has 1 aromatic rings. The van der Waals surface area contributed by atoms with E-state index in [0.29, 0.717) is 5.56 Å². The Labute approximate surface area is 99.3 Å². The summed E-state index contributed by atoms with van der Waals surface area (Å²) in [6.45, 7) is 2.74. The van der Waals surface area contributed by atoms with Gasteiger partial charge in [-0.3, -0.25) is 4.79 Å². The van der Waals surface area contributed by atoms with Gasteiger partial charge in [-0.25, -0.2) is 12.7 Å². The van der Waals surface area contributed by atoms with E-state index in [1.165, 1.54) is 26.0 Å². The average molecular weight is 250 g/mol. The predicted octanol–water partition coefficient (Wildman–Crippen LogP) is 1.01. The summed E-state index contributed by atoms with van der Waals surface area (Å²) in [5.74, 6) is -0.479. The van der Waals surface area contributed by atoms with Crippen molar-refractivity contribution in [2.45, 2.75) is 18.6 Å². The molecule has 1 saturated heterocycles. The summed E-state index contributed by atoms with van der Waals surface area (Å²) in [6.07, 6.45) is 0. The lowest BCUT2D eigenvalue weighted by Gasteiger charge is -2.42. The summed E-state index contributed by atoms with van der Waals surface area (Å²) in [5.41, 5.74) is 0.531. The molecule has 1 aliphatic rings. The summed E-state index contributed by atoms with van der Waals surface area (Å²) in [7, 11) is -3.65. The van der Waals surface area contributed by atoms with E-state index < -0.39 is 20.7 Å². The topological polar surface area (TPSA) is 78.2 Å². The highest BCUT2D eigenvalue weighted by molar-refractivity contribution is 7.98. The lowest BCUT2D eigenvalue weighted by atomic mass is 10.1. The van der Waals surface area contributed by atoms with Crippen LogP contribution in [0.1, 0.15) is 19.4 Å². The van der Waals surface area contributed by atoms with Crippen molar-refractivity contribution in [1.29, 1.82) is 5.26 Å². The maximum absolute atomic E-state index is 11.9. The molecule has 2 rings (SSSR count). The third-order valence-corrected chi connectivity index (χ3v) is 5.12. The van der Waals surface area contributed by atoms with Crippen LogP contribution in [0.3, 0.4) is 0 Å². The fraction of sp³-hybridized carbons (Fsp3) is 0.273. The predicted molar refractivity (Wildman–Crippen MR) is 61.6 cm³/mol. The molecule has 0 radical (unpaired) electrons. The molecule has 0 N–H and O–H groups in total. The van der Waals surface area contributed by atoms with Crippen molar-refractivity contribution in [3.8, 4) is 6.07 Å². The molecule has 1 fully saturated rings. The van der Waals surface area contributed by atoms with Gasteiger partial charge in [-0.05, 0) is 32.0 Å². The Morgan fingerprint density at radius 3 is 2.53 bits per heavy atom. The van der Waals surface area contributed by atoms with E-state index in [0.717, 1.165) is 4.31 Å². The second-order valence-electron chi connectivity index (χ2n) is 4.25. The van der Waals surface area contributed by atoms with Crippen molar-refractivity contribution >= 4 is 21.6 Å². The Morgan fingerprint density at radius 2 is 2.00 bits per heavy atom. The van der Waals surface area contributed by atoms with Crippen molar-refractivity contribution in [2.75, 3.05) is 4.31 Å². The Balaban J connectivity index is 2.51. The fourth-order valence-corrected chi connectivity index (χ4v) is 3.08. The summed E-state index contributed by atoms with van der Waals surface area (Å²) in [4.78, 5) is 11.8. The van der Waals surface area contributed by atoms with Gasteiger partial charge in [0.15, 0.2) is 4.75 Å². The Kier molecular flexibility index (Phi) is 2.26. The zero-order valence-corrected chi connectivity index (χ0v) is 10.2. The number of rotatable bonds is 1. The van der Waals surface area contributed by atoms with E-state index >= 15 is 0 Å². The van der Waals surface area contributed by atoms with Crippen LogP contribution in [0.5, 0.6) is 0 Å². The molecule has 0 aliphatic carbocycles. The third kappa shape index (κ3) is 1.36. The third-order valence-electron chi connectivity index (χ3n) is 2.79. The number of anilines is 1. The van der Waals surface area contributed by atoms with Crippen molar-refractivity contribution < 1.29 is 13.2 Å². The molecule has 1 aliphatic heterocycles. The van der Waals surface area contributed by atoms with Crippen molar-refractivity contribution in [3.05, 3.63) is 29.8 Å². The summed E-state index contributed by atoms with van der Waals surface area (Å²) in [5, 5.41) is 8.73. The average Bonchev–Trinajstić information content (AvgIpc) is 2.29. The minimum Gasteiger partial charge on any atom is -0.272 e. The highest BCUT2D eigenvalue weighted by Gasteiger charge is 2.60. The van der Waals surface area contributed by atoms with Gasteiger partial charge in [0.2, 0.25) is 0 Å². The van der Waals surface area contributed by atoms with Gasteiger partial charge < -0.3 is 0 Å². The molecule has 0 bridgehead atoms. The first kappa shape index (κ1) is 11.6. The van der Waals surface area contributed by atoms with Gasteiger partial charge in [-0.1, -0.05) is 6.07 Å². The van der Waals surface area contributed by atoms with Crippen molar-refractivity contribution in [2.24, 2.45) is 0 Å². The van der Waals surface area contributed by atoms with Crippen LogP contribution in [0, 0.1) is 11.3 Å². The minimum atomic E-state index is -3.65. The van der Waals surface area contributed by atoms with Crippen molar-refractivity contribution in [1.82, 2.24) is 0 Å². The molecule has 5 nitrogen and oxygen atoms in total. The first-order chi connectivity index (χ1) is 7.82. The maximum atomic E-state index is 11.9. The van der Waals surface area contributed by atoms with E-state index in [2.05, 4.69) is 0 Å². The van der Waals surface area contributed by atoms with Gasteiger partial charge in [-0.2, -0.15) is 5.26 Å². The molecular weight excluding hydrogens is 240 g/mol. The molecule has 0 unspecified atom stereocenters. The van der Waals surface area contributed by atoms with E-state index in [9.17, 15) is 13.2 Å². The van der Waals surface area contributed by atoms with E-state index in [1.54, 1.807) is 12.1 Å². The second kappa shape index (κ2) is 3.31. The van der Waals surface area contributed by atoms with Crippen LogP contribution in [0.15, 0.2) is 24.3 Å². The molecule has 1 amide bonds. The highest BCUT2D eigenvalue weighted by atomic mass is 32.2. The van der Waals surface area contributed by atoms with Gasteiger partial charge in [0.1, 0.15) is 0 Å². The summed E-state index contributed by atoms with van der Waals surface area (Å²) < 4.78 is 23.2. The maximum Gasteiger partial charge on any atom is 0.263 e. The number of nitriles is 1. The normalized spacial score (nSPS) is 20.5. The lowest BCUT2D eigenvalue weighted by Crippen LogP contribution is -2.67. The minimum absolute atomic E-state index is 0.216. The first-order valence-electron chi connectivity index (χ1n) is 4.92. The zero-order valence-electron chi connectivity index (χ0n) is 9.34. The van der Waals surface area contributed by atoms with Crippen molar-refractivity contribution in [3.63, 3.8) is 0 Å². The lowest BCUT2D eigenvalue weighted by molar-refractivity contribution is -0.120. The standard InChI is InChI=1S/C11H10N2O3S/c1-11(2)10(14)13(17(11,15)16)9-5-3-4-8(6-9)7-12/h3-6H,1-2H3. The Morgan fingerprint density at radius 1 is 1.35 bits per heavy atom. The fourth-order valence-electron chi connectivity index (χ4n) is 1.61. The van der Waals surface area contributed by atoms with Gasteiger partial charge in [-0.15, -0.1) is 0 Å². The monoisotopic (exact) mass is 250 g/mol. The highest BCUT2D eigenvalue weighted by Crippen LogP contribution is 2.38. The van der Waals surface area contributed by atoms with Crippen LogP contribution in [0.25, 0.3) is 0 Å². The number of nitrogens with zero attached hydrogens (tertiary/aromatic N) is 2. The molecule has 88 valence electrons. The van der Waals surface area contributed by atoms with E-state index in [4.69, 9.17) is 5.26 Å². The van der Waals surface area contributed by atoms with Gasteiger partial charge in [0, 0.05) is 0 Å². The SMILES string of the molecule is CC1(C)C(=O)N(c2cccc(C#N)c2)S1(=O)=O. The molecule has 0 spiro atoms. The Bertz CT molecular complexity index is 641. The molecule has 0 aromatic heterocycles. The molecule has 1 heterocycles. The number of hydrogen-bond acceptors (Lipinski definition) is 4. The number of sulfonamides is 1. The smallest absolute Gasteiger partial charge is 0.263 e. The van der Waals surface area contributed by atoms with Gasteiger partial charge in [0.25, 0.3) is 15.9 Å². The molecule has 0 atom stereocenters.